The van der Waals surface area contributed by atoms with E-state index >= 15 is 0 Å². The fourth-order valence-corrected chi connectivity index (χ4v) is 1.96. The number of phenols is 1. The van der Waals surface area contributed by atoms with Crippen molar-refractivity contribution in [3.8, 4) is 5.75 Å². The molecule has 1 unspecified atom stereocenters. The number of aromatic nitrogens is 1. The number of aryl methyl sites for hydroxylation is 1. The summed E-state index contributed by atoms with van der Waals surface area (Å²) in [5, 5.41) is 10.5. The van der Waals surface area contributed by atoms with Crippen LogP contribution in [-0.4, -0.2) is 16.1 Å². The van der Waals surface area contributed by atoms with Gasteiger partial charge in [-0.2, -0.15) is 0 Å². The SMILES string of the molecule is Cc1[nH]c2ccc(O)cc2c1CC(C)N. The van der Waals surface area contributed by atoms with Gasteiger partial charge in [-0.15, -0.1) is 0 Å². The van der Waals surface area contributed by atoms with Gasteiger partial charge >= 0.3 is 0 Å². The maximum atomic E-state index is 9.45. The summed E-state index contributed by atoms with van der Waals surface area (Å²) >= 11 is 0. The van der Waals surface area contributed by atoms with E-state index in [2.05, 4.69) is 4.98 Å². The van der Waals surface area contributed by atoms with E-state index in [-0.39, 0.29) is 6.04 Å². The van der Waals surface area contributed by atoms with E-state index in [1.807, 2.05) is 19.9 Å². The second-order valence-electron chi connectivity index (χ2n) is 4.14. The molecule has 1 atom stereocenters. The third-order valence-electron chi connectivity index (χ3n) is 2.63. The smallest absolute Gasteiger partial charge is 0.116 e. The van der Waals surface area contributed by atoms with Crippen LogP contribution in [-0.2, 0) is 6.42 Å². The standard InChI is InChI=1S/C12H16N2O/c1-7(13)5-10-8(2)14-12-4-3-9(15)6-11(10)12/h3-4,6-7,14-15H,5,13H2,1-2H3. The quantitative estimate of drug-likeness (QED) is 0.701. The van der Waals surface area contributed by atoms with E-state index in [4.69, 9.17) is 5.73 Å². The lowest BCUT2D eigenvalue weighted by molar-refractivity contribution is 0.476. The summed E-state index contributed by atoms with van der Waals surface area (Å²) in [5.41, 5.74) is 9.20. The number of aromatic hydroxyl groups is 1. The van der Waals surface area contributed by atoms with Gasteiger partial charge in [-0.25, -0.2) is 0 Å². The van der Waals surface area contributed by atoms with E-state index < -0.39 is 0 Å². The minimum Gasteiger partial charge on any atom is -0.508 e. The molecule has 15 heavy (non-hydrogen) atoms. The molecule has 1 heterocycles. The summed E-state index contributed by atoms with van der Waals surface area (Å²) in [5.74, 6) is 0.299. The lowest BCUT2D eigenvalue weighted by atomic mass is 10.0. The summed E-state index contributed by atoms with van der Waals surface area (Å²) in [7, 11) is 0. The minimum absolute atomic E-state index is 0.130. The fraction of sp³-hybridized carbons (Fsp3) is 0.333. The molecule has 0 radical (unpaired) electrons. The number of rotatable bonds is 2. The minimum atomic E-state index is 0.130. The van der Waals surface area contributed by atoms with Crippen molar-refractivity contribution in [2.24, 2.45) is 5.73 Å². The average molecular weight is 204 g/mol. The van der Waals surface area contributed by atoms with Gasteiger partial charge in [-0.3, -0.25) is 0 Å². The number of aromatic amines is 1. The van der Waals surface area contributed by atoms with Crippen LogP contribution in [0.1, 0.15) is 18.2 Å². The Bertz CT molecular complexity index is 486. The highest BCUT2D eigenvalue weighted by molar-refractivity contribution is 5.86. The van der Waals surface area contributed by atoms with Crippen molar-refractivity contribution >= 4 is 10.9 Å². The number of hydrogen-bond donors (Lipinski definition) is 3. The molecule has 1 aromatic heterocycles. The molecule has 3 heteroatoms. The second-order valence-corrected chi connectivity index (χ2v) is 4.14. The predicted molar refractivity (Wildman–Crippen MR) is 62.1 cm³/mol. The molecule has 2 rings (SSSR count). The first-order chi connectivity index (χ1) is 7.08. The molecule has 0 spiro atoms. The highest BCUT2D eigenvalue weighted by Crippen LogP contribution is 2.26. The molecule has 0 saturated carbocycles. The lowest BCUT2D eigenvalue weighted by Gasteiger charge is -2.05. The van der Waals surface area contributed by atoms with Crippen molar-refractivity contribution in [1.29, 1.82) is 0 Å². The molecule has 0 aliphatic rings. The Morgan fingerprint density at radius 3 is 2.87 bits per heavy atom. The predicted octanol–water partition coefficient (Wildman–Crippen LogP) is 2.07. The Morgan fingerprint density at radius 2 is 2.20 bits per heavy atom. The summed E-state index contributed by atoms with van der Waals surface area (Å²) < 4.78 is 0. The van der Waals surface area contributed by atoms with Crippen LogP contribution in [0.25, 0.3) is 10.9 Å². The molecule has 4 N–H and O–H groups in total. The molecule has 0 saturated heterocycles. The molecular formula is C12H16N2O. The number of nitrogens with two attached hydrogens (primary N) is 1. The maximum Gasteiger partial charge on any atom is 0.116 e. The average Bonchev–Trinajstić information content (AvgIpc) is 2.43. The van der Waals surface area contributed by atoms with E-state index in [0.717, 1.165) is 23.0 Å². The van der Waals surface area contributed by atoms with Crippen LogP contribution in [0.3, 0.4) is 0 Å². The number of hydrogen-bond acceptors (Lipinski definition) is 2. The van der Waals surface area contributed by atoms with Crippen molar-refractivity contribution in [3.05, 3.63) is 29.5 Å². The Hall–Kier alpha value is -1.48. The lowest BCUT2D eigenvalue weighted by Crippen LogP contribution is -2.18. The van der Waals surface area contributed by atoms with Gasteiger partial charge < -0.3 is 15.8 Å². The molecule has 1 aromatic carbocycles. The normalized spacial score (nSPS) is 13.3. The summed E-state index contributed by atoms with van der Waals surface area (Å²) in [6.07, 6.45) is 0.829. The molecule has 80 valence electrons. The third-order valence-corrected chi connectivity index (χ3v) is 2.63. The topological polar surface area (TPSA) is 62.0 Å². The van der Waals surface area contributed by atoms with Crippen LogP contribution in [0.15, 0.2) is 18.2 Å². The van der Waals surface area contributed by atoms with E-state index in [9.17, 15) is 5.11 Å². The van der Waals surface area contributed by atoms with Gasteiger partial charge in [0.1, 0.15) is 5.75 Å². The second kappa shape index (κ2) is 3.59. The van der Waals surface area contributed by atoms with Gasteiger partial charge in [0.15, 0.2) is 0 Å². The number of benzene rings is 1. The van der Waals surface area contributed by atoms with Crippen LogP contribution < -0.4 is 5.73 Å². The van der Waals surface area contributed by atoms with Gasteiger partial charge in [0.05, 0.1) is 0 Å². The van der Waals surface area contributed by atoms with Crippen LogP contribution in [0, 0.1) is 6.92 Å². The summed E-state index contributed by atoms with van der Waals surface area (Å²) in [4.78, 5) is 3.29. The zero-order valence-electron chi connectivity index (χ0n) is 9.04. The zero-order valence-corrected chi connectivity index (χ0v) is 9.04. The molecule has 0 amide bonds. The highest BCUT2D eigenvalue weighted by atomic mass is 16.3. The molecule has 2 aromatic rings. The van der Waals surface area contributed by atoms with E-state index in [1.54, 1.807) is 12.1 Å². The fourth-order valence-electron chi connectivity index (χ4n) is 1.96. The number of fused-ring (bicyclic) bond motifs is 1. The van der Waals surface area contributed by atoms with Crippen LogP contribution >= 0.6 is 0 Å². The van der Waals surface area contributed by atoms with Crippen molar-refractivity contribution in [2.75, 3.05) is 0 Å². The van der Waals surface area contributed by atoms with Crippen molar-refractivity contribution < 1.29 is 5.11 Å². The van der Waals surface area contributed by atoms with Gasteiger partial charge in [0, 0.05) is 22.6 Å². The van der Waals surface area contributed by atoms with E-state index in [1.165, 1.54) is 5.56 Å². The van der Waals surface area contributed by atoms with Crippen molar-refractivity contribution in [2.45, 2.75) is 26.3 Å². The van der Waals surface area contributed by atoms with Crippen LogP contribution in [0.2, 0.25) is 0 Å². The Labute approximate surface area is 88.9 Å². The van der Waals surface area contributed by atoms with Gasteiger partial charge in [-0.05, 0) is 44.0 Å². The van der Waals surface area contributed by atoms with Crippen LogP contribution in [0.5, 0.6) is 5.75 Å². The molecule has 0 bridgehead atoms. The molecule has 0 aliphatic heterocycles. The van der Waals surface area contributed by atoms with Gasteiger partial charge in [-0.1, -0.05) is 0 Å². The Balaban J connectivity index is 2.60. The highest BCUT2D eigenvalue weighted by Gasteiger charge is 2.10. The largest absolute Gasteiger partial charge is 0.508 e. The number of nitrogens with one attached hydrogen (secondary N) is 1. The zero-order chi connectivity index (χ0) is 11.0. The first kappa shape index (κ1) is 10.1. The molecule has 0 fully saturated rings. The third kappa shape index (κ3) is 1.83. The Morgan fingerprint density at radius 1 is 1.47 bits per heavy atom. The van der Waals surface area contributed by atoms with Crippen molar-refractivity contribution in [3.63, 3.8) is 0 Å². The van der Waals surface area contributed by atoms with Crippen LogP contribution in [0.4, 0.5) is 0 Å². The van der Waals surface area contributed by atoms with E-state index in [0.29, 0.717) is 5.75 Å². The molecule has 0 aliphatic carbocycles. The van der Waals surface area contributed by atoms with Gasteiger partial charge in [0.25, 0.3) is 0 Å². The summed E-state index contributed by atoms with van der Waals surface area (Å²) in [6.45, 7) is 4.02. The van der Waals surface area contributed by atoms with Gasteiger partial charge in [0.2, 0.25) is 0 Å². The molecular weight excluding hydrogens is 188 g/mol. The number of phenolic OH excluding ortho intramolecular Hbond substituents is 1. The molecule has 3 nitrogen and oxygen atoms in total. The Kier molecular flexibility index (Phi) is 2.40. The first-order valence-electron chi connectivity index (χ1n) is 5.13. The number of H-pyrrole nitrogens is 1. The monoisotopic (exact) mass is 204 g/mol. The first-order valence-corrected chi connectivity index (χ1v) is 5.13. The van der Waals surface area contributed by atoms with Crippen molar-refractivity contribution in [1.82, 2.24) is 4.98 Å². The maximum absolute atomic E-state index is 9.45. The summed E-state index contributed by atoms with van der Waals surface area (Å²) in [6, 6.07) is 5.50.